The molecule has 2 nitrogen and oxygen atoms in total. The van der Waals surface area contributed by atoms with Gasteiger partial charge >= 0.3 is 0 Å². The van der Waals surface area contributed by atoms with Crippen molar-refractivity contribution in [2.45, 2.75) is 31.2 Å². The first kappa shape index (κ1) is 14.8. The van der Waals surface area contributed by atoms with Crippen molar-refractivity contribution in [2.75, 3.05) is 6.54 Å². The van der Waals surface area contributed by atoms with Crippen LogP contribution >= 0.6 is 11.6 Å². The number of hydrogen-bond donors (Lipinski definition) is 0. The van der Waals surface area contributed by atoms with Crippen LogP contribution in [-0.2, 0) is 4.79 Å². The first-order valence-electron chi connectivity index (χ1n) is 8.35. The minimum atomic E-state index is 0.110. The molecule has 2 aliphatic rings. The Balaban J connectivity index is 1.51. The highest BCUT2D eigenvalue weighted by Crippen LogP contribution is 2.51. The smallest absolute Gasteiger partial charge is 0.226 e. The van der Waals surface area contributed by atoms with Crippen molar-refractivity contribution < 1.29 is 4.79 Å². The Labute approximate surface area is 142 Å². The SMILES string of the molecule is O=C(C1CC1c1ccccc1Cl)N1CCCC1c1ccccc1. The zero-order valence-electron chi connectivity index (χ0n) is 13.0. The summed E-state index contributed by atoms with van der Waals surface area (Å²) >= 11 is 6.29. The highest BCUT2D eigenvalue weighted by atomic mass is 35.5. The Hall–Kier alpha value is -1.80. The third-order valence-electron chi connectivity index (χ3n) is 5.13. The molecular weight excluding hydrogens is 306 g/mol. The second-order valence-electron chi connectivity index (χ2n) is 6.57. The number of amides is 1. The number of rotatable bonds is 3. The molecule has 3 heteroatoms. The van der Waals surface area contributed by atoms with Gasteiger partial charge in [-0.1, -0.05) is 60.1 Å². The van der Waals surface area contributed by atoms with Gasteiger partial charge in [0, 0.05) is 17.5 Å². The average Bonchev–Trinajstić information content (AvgIpc) is 3.22. The Morgan fingerprint density at radius 3 is 2.57 bits per heavy atom. The van der Waals surface area contributed by atoms with Gasteiger partial charge in [0.1, 0.15) is 0 Å². The molecule has 1 heterocycles. The van der Waals surface area contributed by atoms with E-state index in [4.69, 9.17) is 11.6 Å². The molecule has 3 atom stereocenters. The Morgan fingerprint density at radius 1 is 1.04 bits per heavy atom. The quantitative estimate of drug-likeness (QED) is 0.793. The maximum atomic E-state index is 13.0. The molecule has 118 valence electrons. The van der Waals surface area contributed by atoms with Gasteiger partial charge in [0.2, 0.25) is 5.91 Å². The molecule has 2 fully saturated rings. The molecular formula is C20H20ClNO. The summed E-state index contributed by atoms with van der Waals surface area (Å²) in [5.41, 5.74) is 2.39. The molecule has 2 aromatic rings. The molecule has 0 spiro atoms. The molecule has 1 saturated heterocycles. The Kier molecular flexibility index (Phi) is 3.86. The highest BCUT2D eigenvalue weighted by molar-refractivity contribution is 6.31. The highest BCUT2D eigenvalue weighted by Gasteiger charge is 2.48. The van der Waals surface area contributed by atoms with Crippen LogP contribution in [0.25, 0.3) is 0 Å². The van der Waals surface area contributed by atoms with Gasteiger partial charge < -0.3 is 4.90 Å². The summed E-state index contributed by atoms with van der Waals surface area (Å²) in [7, 11) is 0. The predicted octanol–water partition coefficient (Wildman–Crippen LogP) is 4.81. The predicted molar refractivity (Wildman–Crippen MR) is 92.4 cm³/mol. The van der Waals surface area contributed by atoms with E-state index < -0.39 is 0 Å². The molecule has 0 bridgehead atoms. The van der Waals surface area contributed by atoms with E-state index >= 15 is 0 Å². The van der Waals surface area contributed by atoms with E-state index in [0.717, 1.165) is 36.4 Å². The molecule has 1 aliphatic heterocycles. The van der Waals surface area contributed by atoms with Gasteiger partial charge in [-0.2, -0.15) is 0 Å². The number of carbonyl (C=O) groups is 1. The van der Waals surface area contributed by atoms with Crippen molar-refractivity contribution in [3.05, 3.63) is 70.7 Å². The van der Waals surface area contributed by atoms with Gasteiger partial charge in [-0.05, 0) is 42.4 Å². The van der Waals surface area contributed by atoms with Crippen LogP contribution in [0.3, 0.4) is 0 Å². The van der Waals surface area contributed by atoms with E-state index in [0.29, 0.717) is 11.8 Å². The van der Waals surface area contributed by atoms with Crippen LogP contribution in [0, 0.1) is 5.92 Å². The van der Waals surface area contributed by atoms with Crippen molar-refractivity contribution in [1.29, 1.82) is 0 Å². The average molecular weight is 326 g/mol. The number of nitrogens with zero attached hydrogens (tertiary/aromatic N) is 1. The van der Waals surface area contributed by atoms with E-state index in [9.17, 15) is 4.79 Å². The fourth-order valence-corrected chi connectivity index (χ4v) is 4.13. The number of carbonyl (C=O) groups excluding carboxylic acids is 1. The fraction of sp³-hybridized carbons (Fsp3) is 0.350. The largest absolute Gasteiger partial charge is 0.335 e. The van der Waals surface area contributed by atoms with Crippen LogP contribution < -0.4 is 0 Å². The summed E-state index contributed by atoms with van der Waals surface area (Å²) < 4.78 is 0. The van der Waals surface area contributed by atoms with Gasteiger partial charge in [-0.15, -0.1) is 0 Å². The van der Waals surface area contributed by atoms with Gasteiger partial charge in [-0.3, -0.25) is 4.79 Å². The lowest BCUT2D eigenvalue weighted by Gasteiger charge is -2.25. The van der Waals surface area contributed by atoms with Crippen LogP contribution in [0.4, 0.5) is 0 Å². The molecule has 2 aromatic carbocycles. The van der Waals surface area contributed by atoms with Crippen LogP contribution in [0.5, 0.6) is 0 Å². The van der Waals surface area contributed by atoms with E-state index in [-0.39, 0.29) is 12.0 Å². The van der Waals surface area contributed by atoms with E-state index in [1.54, 1.807) is 0 Å². The summed E-state index contributed by atoms with van der Waals surface area (Å²) in [4.78, 5) is 15.1. The monoisotopic (exact) mass is 325 g/mol. The van der Waals surface area contributed by atoms with Gasteiger partial charge in [0.05, 0.1) is 6.04 Å². The minimum absolute atomic E-state index is 0.110. The third-order valence-corrected chi connectivity index (χ3v) is 5.48. The minimum Gasteiger partial charge on any atom is -0.335 e. The standard InChI is InChI=1S/C20H20ClNO/c21-18-10-5-4-9-15(18)16-13-17(16)20(23)22-12-6-11-19(22)14-7-2-1-3-8-14/h1-5,7-10,16-17,19H,6,11-13H2. The molecule has 0 aromatic heterocycles. The van der Waals surface area contributed by atoms with E-state index in [1.165, 1.54) is 5.56 Å². The van der Waals surface area contributed by atoms with Crippen molar-refractivity contribution in [1.82, 2.24) is 4.90 Å². The Morgan fingerprint density at radius 2 is 1.78 bits per heavy atom. The lowest BCUT2D eigenvalue weighted by Crippen LogP contribution is -2.32. The van der Waals surface area contributed by atoms with Crippen LogP contribution in [0.15, 0.2) is 54.6 Å². The van der Waals surface area contributed by atoms with Gasteiger partial charge in [0.25, 0.3) is 0 Å². The zero-order chi connectivity index (χ0) is 15.8. The van der Waals surface area contributed by atoms with Crippen LogP contribution in [0.1, 0.15) is 42.3 Å². The van der Waals surface area contributed by atoms with E-state index in [1.807, 2.05) is 24.3 Å². The second-order valence-corrected chi connectivity index (χ2v) is 6.98. The van der Waals surface area contributed by atoms with Crippen molar-refractivity contribution in [3.63, 3.8) is 0 Å². The second kappa shape index (κ2) is 6.01. The molecule has 0 N–H and O–H groups in total. The maximum absolute atomic E-state index is 13.0. The van der Waals surface area contributed by atoms with Crippen LogP contribution in [-0.4, -0.2) is 17.4 Å². The third kappa shape index (κ3) is 2.76. The Bertz CT molecular complexity index is 715. The van der Waals surface area contributed by atoms with E-state index in [2.05, 4.69) is 35.2 Å². The number of halogens is 1. The lowest BCUT2D eigenvalue weighted by atomic mass is 10.0. The van der Waals surface area contributed by atoms with Crippen molar-refractivity contribution in [2.24, 2.45) is 5.92 Å². The summed E-state index contributed by atoms with van der Waals surface area (Å²) in [5, 5.41) is 0.786. The fourth-order valence-electron chi connectivity index (χ4n) is 3.85. The first-order valence-corrected chi connectivity index (χ1v) is 8.73. The molecule has 4 rings (SSSR count). The molecule has 1 saturated carbocycles. The first-order chi connectivity index (χ1) is 11.3. The summed E-state index contributed by atoms with van der Waals surface area (Å²) in [6.07, 6.45) is 3.09. The van der Waals surface area contributed by atoms with Crippen molar-refractivity contribution >= 4 is 17.5 Å². The van der Waals surface area contributed by atoms with Gasteiger partial charge in [0.15, 0.2) is 0 Å². The molecule has 0 radical (unpaired) electrons. The normalized spacial score (nSPS) is 26.3. The number of likely N-dealkylation sites (tertiary alicyclic amines) is 1. The topological polar surface area (TPSA) is 20.3 Å². The van der Waals surface area contributed by atoms with Crippen molar-refractivity contribution in [3.8, 4) is 0 Å². The summed E-state index contributed by atoms with van der Waals surface area (Å²) in [6.45, 7) is 0.879. The zero-order valence-corrected chi connectivity index (χ0v) is 13.7. The molecule has 3 unspecified atom stereocenters. The maximum Gasteiger partial charge on any atom is 0.226 e. The number of benzene rings is 2. The number of hydrogen-bond acceptors (Lipinski definition) is 1. The molecule has 1 aliphatic carbocycles. The van der Waals surface area contributed by atoms with Gasteiger partial charge in [-0.25, -0.2) is 0 Å². The lowest BCUT2D eigenvalue weighted by molar-refractivity contribution is -0.133. The summed E-state index contributed by atoms with van der Waals surface area (Å²) in [5.74, 6) is 0.716. The summed E-state index contributed by atoms with van der Waals surface area (Å²) in [6, 6.07) is 18.6. The molecule has 23 heavy (non-hydrogen) atoms. The molecule has 1 amide bonds. The van der Waals surface area contributed by atoms with Crippen LogP contribution in [0.2, 0.25) is 5.02 Å².